The fraction of sp³-hybridized carbons (Fsp3) is 0.714. The molecule has 0 fully saturated rings. The molecule has 0 amide bonds. The predicted molar refractivity (Wildman–Crippen MR) is 70.3 cm³/mol. The number of carboxylic acids is 1. The second-order valence-electron chi connectivity index (χ2n) is 4.53. The Bertz CT molecular complexity index is 284. The largest absolute Gasteiger partial charge is 0.478 e. The molecule has 0 rings (SSSR count). The van der Waals surface area contributed by atoms with Gasteiger partial charge in [0.05, 0.1) is 0 Å². The van der Waals surface area contributed by atoms with Crippen molar-refractivity contribution in [3.63, 3.8) is 0 Å². The number of carbonyl (C=O) groups is 2. The summed E-state index contributed by atoms with van der Waals surface area (Å²) in [4.78, 5) is 21.6. The molecule has 0 bridgehead atoms. The minimum absolute atomic E-state index is 0.167. The minimum Gasteiger partial charge on any atom is -0.478 e. The van der Waals surface area contributed by atoms with Gasteiger partial charge in [0.25, 0.3) is 0 Å². The van der Waals surface area contributed by atoms with Crippen LogP contribution in [0.3, 0.4) is 0 Å². The third-order valence-corrected chi connectivity index (χ3v) is 2.78. The molecule has 18 heavy (non-hydrogen) atoms. The summed E-state index contributed by atoms with van der Waals surface area (Å²) in [6.45, 7) is 6.99. The average Bonchev–Trinajstić information content (AvgIpc) is 2.30. The summed E-state index contributed by atoms with van der Waals surface area (Å²) in [5.41, 5.74) is 0.167. The highest BCUT2D eigenvalue weighted by Crippen LogP contribution is 2.16. The molecule has 0 saturated heterocycles. The lowest BCUT2D eigenvalue weighted by Gasteiger charge is -2.16. The number of hydrogen-bond acceptors (Lipinski definition) is 3. The Morgan fingerprint density at radius 1 is 1.22 bits per heavy atom. The van der Waals surface area contributed by atoms with Crippen LogP contribution < -0.4 is 0 Å². The van der Waals surface area contributed by atoms with Gasteiger partial charge in [-0.3, -0.25) is 4.79 Å². The van der Waals surface area contributed by atoms with Crippen LogP contribution in [0.25, 0.3) is 0 Å². The maximum atomic E-state index is 11.0. The zero-order valence-electron chi connectivity index (χ0n) is 11.4. The van der Waals surface area contributed by atoms with Gasteiger partial charge in [0.2, 0.25) is 0 Å². The van der Waals surface area contributed by atoms with Gasteiger partial charge < -0.3 is 9.84 Å². The summed E-state index contributed by atoms with van der Waals surface area (Å²) in [5.74, 6) is -1.29. The second kappa shape index (κ2) is 9.68. The van der Waals surface area contributed by atoms with Crippen molar-refractivity contribution in [3.8, 4) is 0 Å². The van der Waals surface area contributed by atoms with E-state index in [0.29, 0.717) is 12.8 Å². The molecule has 0 aromatic heterocycles. The fourth-order valence-electron chi connectivity index (χ4n) is 1.74. The highest BCUT2D eigenvalue weighted by atomic mass is 16.5. The van der Waals surface area contributed by atoms with Gasteiger partial charge in [-0.05, 0) is 25.7 Å². The van der Waals surface area contributed by atoms with Crippen molar-refractivity contribution >= 4 is 11.9 Å². The molecule has 1 unspecified atom stereocenters. The molecule has 0 aliphatic heterocycles. The summed E-state index contributed by atoms with van der Waals surface area (Å²) in [7, 11) is 0. The van der Waals surface area contributed by atoms with Gasteiger partial charge in [-0.25, -0.2) is 4.79 Å². The van der Waals surface area contributed by atoms with Crippen LogP contribution in [0.2, 0.25) is 0 Å². The van der Waals surface area contributed by atoms with Crippen LogP contribution in [0.4, 0.5) is 0 Å². The van der Waals surface area contributed by atoms with E-state index in [-0.39, 0.29) is 17.6 Å². The molecule has 104 valence electrons. The van der Waals surface area contributed by atoms with Crippen molar-refractivity contribution in [1.29, 1.82) is 0 Å². The monoisotopic (exact) mass is 256 g/mol. The number of carboxylic acid groups (broad SMARTS) is 1. The lowest BCUT2D eigenvalue weighted by molar-refractivity contribution is -0.147. The van der Waals surface area contributed by atoms with Gasteiger partial charge >= 0.3 is 11.9 Å². The van der Waals surface area contributed by atoms with Gasteiger partial charge in [-0.2, -0.15) is 0 Å². The zero-order valence-corrected chi connectivity index (χ0v) is 11.4. The van der Waals surface area contributed by atoms with Crippen LogP contribution in [0.1, 0.15) is 58.8 Å². The van der Waals surface area contributed by atoms with Crippen LogP contribution in [0.5, 0.6) is 0 Å². The summed E-state index contributed by atoms with van der Waals surface area (Å²) < 4.78 is 5.19. The number of esters is 1. The maximum Gasteiger partial charge on any atom is 0.330 e. The van der Waals surface area contributed by atoms with Crippen molar-refractivity contribution in [1.82, 2.24) is 0 Å². The summed E-state index contributed by atoms with van der Waals surface area (Å²) in [6.07, 6.45) is 5.97. The second-order valence-corrected chi connectivity index (χ2v) is 4.53. The molecule has 4 heteroatoms. The van der Waals surface area contributed by atoms with E-state index in [1.54, 1.807) is 0 Å². The Morgan fingerprint density at radius 3 is 2.39 bits per heavy atom. The van der Waals surface area contributed by atoms with Crippen molar-refractivity contribution < 1.29 is 19.4 Å². The molecule has 1 N–H and O–H groups in total. The average molecular weight is 256 g/mol. The smallest absolute Gasteiger partial charge is 0.330 e. The standard InChI is InChI=1S/C14H24O4/c1-4-5-6-7-8-13(18-12(3)15)10-9-11(2)14(16)17/h13H,2,4-10H2,1,3H3,(H,16,17). The summed E-state index contributed by atoms with van der Waals surface area (Å²) in [5, 5.41) is 8.72. The van der Waals surface area contributed by atoms with Crippen molar-refractivity contribution in [2.75, 3.05) is 0 Å². The molecule has 0 aliphatic carbocycles. The Kier molecular flexibility index (Phi) is 8.97. The molecule has 1 atom stereocenters. The first-order valence-electron chi connectivity index (χ1n) is 6.55. The summed E-state index contributed by atoms with van der Waals surface area (Å²) >= 11 is 0. The van der Waals surface area contributed by atoms with Crippen LogP contribution in [-0.2, 0) is 14.3 Å². The molecule has 0 aliphatic rings. The van der Waals surface area contributed by atoms with Crippen LogP contribution in [0, 0.1) is 0 Å². The molecular weight excluding hydrogens is 232 g/mol. The highest BCUT2D eigenvalue weighted by molar-refractivity contribution is 5.85. The van der Waals surface area contributed by atoms with E-state index in [4.69, 9.17) is 9.84 Å². The van der Waals surface area contributed by atoms with E-state index in [0.717, 1.165) is 25.7 Å². The van der Waals surface area contributed by atoms with Gasteiger partial charge in [0.1, 0.15) is 6.10 Å². The van der Waals surface area contributed by atoms with Crippen molar-refractivity contribution in [2.24, 2.45) is 0 Å². The van der Waals surface area contributed by atoms with Crippen molar-refractivity contribution in [3.05, 3.63) is 12.2 Å². The van der Waals surface area contributed by atoms with E-state index in [9.17, 15) is 9.59 Å². The van der Waals surface area contributed by atoms with Gasteiger partial charge in [-0.1, -0.05) is 32.8 Å². The summed E-state index contributed by atoms with van der Waals surface area (Å²) in [6, 6.07) is 0. The van der Waals surface area contributed by atoms with E-state index in [1.165, 1.54) is 13.3 Å². The number of unbranched alkanes of at least 4 members (excludes halogenated alkanes) is 3. The van der Waals surface area contributed by atoms with E-state index < -0.39 is 5.97 Å². The molecule has 0 saturated carbocycles. The number of ether oxygens (including phenoxy) is 1. The Hall–Kier alpha value is -1.32. The lowest BCUT2D eigenvalue weighted by atomic mass is 10.0. The van der Waals surface area contributed by atoms with Crippen LogP contribution >= 0.6 is 0 Å². The Balaban J connectivity index is 4.02. The topological polar surface area (TPSA) is 63.6 Å². The molecule has 4 nitrogen and oxygen atoms in total. The normalized spacial score (nSPS) is 11.9. The number of aliphatic carboxylic acids is 1. The van der Waals surface area contributed by atoms with E-state index >= 15 is 0 Å². The van der Waals surface area contributed by atoms with E-state index in [2.05, 4.69) is 13.5 Å². The van der Waals surface area contributed by atoms with Crippen LogP contribution in [-0.4, -0.2) is 23.1 Å². The molecule has 0 radical (unpaired) electrons. The SMILES string of the molecule is C=C(CCC(CCCCCC)OC(C)=O)C(=O)O. The Morgan fingerprint density at radius 2 is 1.89 bits per heavy atom. The number of carbonyl (C=O) groups excluding carboxylic acids is 1. The predicted octanol–water partition coefficient (Wildman–Crippen LogP) is 3.31. The molecule has 0 aromatic carbocycles. The first kappa shape index (κ1) is 16.7. The number of hydrogen-bond donors (Lipinski definition) is 1. The lowest BCUT2D eigenvalue weighted by Crippen LogP contribution is -2.17. The van der Waals surface area contributed by atoms with Crippen LogP contribution in [0.15, 0.2) is 12.2 Å². The maximum absolute atomic E-state index is 11.0. The van der Waals surface area contributed by atoms with E-state index in [1.807, 2.05) is 0 Å². The first-order valence-corrected chi connectivity index (χ1v) is 6.55. The van der Waals surface area contributed by atoms with Gasteiger partial charge in [0.15, 0.2) is 0 Å². The Labute approximate surface area is 109 Å². The quantitative estimate of drug-likeness (QED) is 0.370. The first-order chi connectivity index (χ1) is 8.47. The minimum atomic E-state index is -0.984. The third-order valence-electron chi connectivity index (χ3n) is 2.78. The third kappa shape index (κ3) is 8.79. The number of rotatable bonds is 10. The zero-order chi connectivity index (χ0) is 14.0. The fourth-order valence-corrected chi connectivity index (χ4v) is 1.74. The molecular formula is C14H24O4. The highest BCUT2D eigenvalue weighted by Gasteiger charge is 2.14. The molecule has 0 heterocycles. The van der Waals surface area contributed by atoms with Gasteiger partial charge in [0, 0.05) is 12.5 Å². The van der Waals surface area contributed by atoms with Gasteiger partial charge in [-0.15, -0.1) is 0 Å². The van der Waals surface area contributed by atoms with Crippen molar-refractivity contribution in [2.45, 2.75) is 64.9 Å². The molecule has 0 aromatic rings. The molecule has 0 spiro atoms.